The smallest absolute Gasteiger partial charge is 0.252 e. The standard InChI is InChI=1S/C15H23ClN2O/c1-5-17(6-2)13-9-12(15(16)19)10-14(11-13)18(7-3)8-4/h9-11H,5-8H2,1-4H3. The van der Waals surface area contributed by atoms with Gasteiger partial charge in [-0.1, -0.05) is 0 Å². The Morgan fingerprint density at radius 3 is 1.53 bits per heavy atom. The fourth-order valence-corrected chi connectivity index (χ4v) is 2.36. The second kappa shape index (κ2) is 7.39. The SMILES string of the molecule is CCN(CC)c1cc(C(=O)Cl)cc(N(CC)CC)c1. The summed E-state index contributed by atoms with van der Waals surface area (Å²) >= 11 is 5.65. The third-order valence-electron chi connectivity index (χ3n) is 3.39. The van der Waals surface area contributed by atoms with Crippen molar-refractivity contribution in [3.8, 4) is 0 Å². The fourth-order valence-electron chi connectivity index (χ4n) is 2.25. The number of nitrogens with zero attached hydrogens (tertiary/aromatic N) is 2. The van der Waals surface area contributed by atoms with E-state index in [1.807, 2.05) is 12.1 Å². The van der Waals surface area contributed by atoms with E-state index < -0.39 is 5.24 Å². The molecule has 0 saturated heterocycles. The summed E-state index contributed by atoms with van der Waals surface area (Å²) in [5.74, 6) is 0. The molecule has 0 atom stereocenters. The molecule has 4 heteroatoms. The Morgan fingerprint density at radius 1 is 0.895 bits per heavy atom. The van der Waals surface area contributed by atoms with E-state index in [-0.39, 0.29) is 0 Å². The quantitative estimate of drug-likeness (QED) is 0.712. The number of carbonyl (C=O) groups is 1. The minimum Gasteiger partial charge on any atom is -0.372 e. The number of benzene rings is 1. The van der Waals surface area contributed by atoms with Crippen LogP contribution in [-0.2, 0) is 0 Å². The Hall–Kier alpha value is -1.22. The van der Waals surface area contributed by atoms with Crippen LogP contribution >= 0.6 is 11.6 Å². The highest BCUT2D eigenvalue weighted by Gasteiger charge is 2.12. The Labute approximate surface area is 121 Å². The molecule has 0 aliphatic carbocycles. The zero-order valence-electron chi connectivity index (χ0n) is 12.2. The molecule has 0 unspecified atom stereocenters. The van der Waals surface area contributed by atoms with E-state index in [2.05, 4.69) is 43.6 Å². The highest BCUT2D eigenvalue weighted by molar-refractivity contribution is 6.67. The lowest BCUT2D eigenvalue weighted by Crippen LogP contribution is -2.25. The molecule has 3 nitrogen and oxygen atoms in total. The molecule has 0 aliphatic rings. The number of anilines is 2. The van der Waals surface area contributed by atoms with Crippen molar-refractivity contribution in [1.29, 1.82) is 0 Å². The second-order valence-electron chi connectivity index (χ2n) is 4.36. The molecular weight excluding hydrogens is 260 g/mol. The van der Waals surface area contributed by atoms with Crippen molar-refractivity contribution in [3.63, 3.8) is 0 Å². The largest absolute Gasteiger partial charge is 0.372 e. The zero-order chi connectivity index (χ0) is 14.4. The number of hydrogen-bond donors (Lipinski definition) is 0. The monoisotopic (exact) mass is 282 g/mol. The van der Waals surface area contributed by atoms with Crippen LogP contribution in [0.25, 0.3) is 0 Å². The summed E-state index contributed by atoms with van der Waals surface area (Å²) in [4.78, 5) is 15.9. The van der Waals surface area contributed by atoms with Gasteiger partial charge in [-0.3, -0.25) is 4.79 Å². The Kier molecular flexibility index (Phi) is 6.16. The van der Waals surface area contributed by atoms with Gasteiger partial charge in [0.05, 0.1) is 0 Å². The molecule has 19 heavy (non-hydrogen) atoms. The second-order valence-corrected chi connectivity index (χ2v) is 4.70. The lowest BCUT2D eigenvalue weighted by atomic mass is 10.1. The highest BCUT2D eigenvalue weighted by atomic mass is 35.5. The van der Waals surface area contributed by atoms with E-state index in [1.165, 1.54) is 0 Å². The van der Waals surface area contributed by atoms with Crippen molar-refractivity contribution in [2.45, 2.75) is 27.7 Å². The Morgan fingerprint density at radius 2 is 1.26 bits per heavy atom. The first-order valence-electron chi connectivity index (χ1n) is 6.92. The Bertz CT molecular complexity index is 396. The maximum Gasteiger partial charge on any atom is 0.252 e. The van der Waals surface area contributed by atoms with Crippen molar-refractivity contribution in [2.75, 3.05) is 36.0 Å². The summed E-state index contributed by atoms with van der Waals surface area (Å²) in [6, 6.07) is 5.87. The van der Waals surface area contributed by atoms with Gasteiger partial charge in [0.2, 0.25) is 0 Å². The van der Waals surface area contributed by atoms with Gasteiger partial charge < -0.3 is 9.80 Å². The van der Waals surface area contributed by atoms with Crippen molar-refractivity contribution in [1.82, 2.24) is 0 Å². The number of hydrogen-bond acceptors (Lipinski definition) is 3. The van der Waals surface area contributed by atoms with Gasteiger partial charge in [-0.15, -0.1) is 0 Å². The van der Waals surface area contributed by atoms with Gasteiger partial charge >= 0.3 is 0 Å². The van der Waals surface area contributed by atoms with Gasteiger partial charge in [0.15, 0.2) is 0 Å². The topological polar surface area (TPSA) is 23.6 Å². The zero-order valence-corrected chi connectivity index (χ0v) is 13.0. The molecule has 0 bridgehead atoms. The van der Waals surface area contributed by atoms with Crippen LogP contribution in [0.3, 0.4) is 0 Å². The number of halogens is 1. The molecule has 0 fully saturated rings. The van der Waals surface area contributed by atoms with Crippen molar-refractivity contribution in [3.05, 3.63) is 23.8 Å². The molecular formula is C15H23ClN2O. The maximum absolute atomic E-state index is 11.5. The molecule has 0 N–H and O–H groups in total. The summed E-state index contributed by atoms with van der Waals surface area (Å²) in [5, 5.41) is -0.401. The lowest BCUT2D eigenvalue weighted by Gasteiger charge is -2.26. The minimum absolute atomic E-state index is 0.401. The van der Waals surface area contributed by atoms with Gasteiger partial charge in [0.1, 0.15) is 0 Å². The van der Waals surface area contributed by atoms with E-state index in [4.69, 9.17) is 11.6 Å². The molecule has 0 radical (unpaired) electrons. The van der Waals surface area contributed by atoms with Gasteiger partial charge in [0.25, 0.3) is 5.24 Å². The van der Waals surface area contributed by atoms with E-state index in [0.29, 0.717) is 5.56 Å². The van der Waals surface area contributed by atoms with E-state index in [0.717, 1.165) is 37.6 Å². The van der Waals surface area contributed by atoms with E-state index in [9.17, 15) is 4.79 Å². The summed E-state index contributed by atoms with van der Waals surface area (Å²) in [5.41, 5.74) is 2.67. The molecule has 1 aromatic rings. The summed E-state index contributed by atoms with van der Waals surface area (Å²) in [6.45, 7) is 12.1. The minimum atomic E-state index is -0.401. The summed E-state index contributed by atoms with van der Waals surface area (Å²) in [7, 11) is 0. The van der Waals surface area contributed by atoms with Crippen LogP contribution in [-0.4, -0.2) is 31.4 Å². The lowest BCUT2D eigenvalue weighted by molar-refractivity contribution is 0.108. The predicted molar refractivity (Wildman–Crippen MR) is 83.7 cm³/mol. The number of carbonyl (C=O) groups excluding carboxylic acids is 1. The molecule has 1 rings (SSSR count). The maximum atomic E-state index is 11.5. The molecule has 0 aromatic heterocycles. The highest BCUT2D eigenvalue weighted by Crippen LogP contribution is 2.26. The fraction of sp³-hybridized carbons (Fsp3) is 0.533. The van der Waals surface area contributed by atoms with Crippen molar-refractivity contribution < 1.29 is 4.79 Å². The van der Waals surface area contributed by atoms with Crippen molar-refractivity contribution in [2.24, 2.45) is 0 Å². The molecule has 1 aromatic carbocycles. The summed E-state index contributed by atoms with van der Waals surface area (Å²) in [6.07, 6.45) is 0. The normalized spacial score (nSPS) is 10.4. The first kappa shape index (κ1) is 15.8. The predicted octanol–water partition coefficient (Wildman–Crippen LogP) is 3.76. The molecule has 0 aliphatic heterocycles. The van der Waals surface area contributed by atoms with Gasteiger partial charge in [-0.05, 0) is 57.5 Å². The summed E-state index contributed by atoms with van der Waals surface area (Å²) < 4.78 is 0. The van der Waals surface area contributed by atoms with Gasteiger partial charge in [-0.2, -0.15) is 0 Å². The molecule has 106 valence electrons. The molecule has 0 spiro atoms. The molecule has 0 heterocycles. The third-order valence-corrected chi connectivity index (χ3v) is 3.60. The molecule has 0 amide bonds. The third kappa shape index (κ3) is 3.87. The van der Waals surface area contributed by atoms with E-state index >= 15 is 0 Å². The van der Waals surface area contributed by atoms with Crippen LogP contribution in [0.5, 0.6) is 0 Å². The molecule has 0 saturated carbocycles. The average molecular weight is 283 g/mol. The van der Waals surface area contributed by atoms with E-state index in [1.54, 1.807) is 0 Å². The van der Waals surface area contributed by atoms with Crippen LogP contribution in [0, 0.1) is 0 Å². The first-order chi connectivity index (χ1) is 9.07. The van der Waals surface area contributed by atoms with Crippen LogP contribution in [0.15, 0.2) is 18.2 Å². The Balaban J connectivity index is 3.28. The average Bonchev–Trinajstić information content (AvgIpc) is 2.41. The number of rotatable bonds is 7. The first-order valence-corrected chi connectivity index (χ1v) is 7.29. The van der Waals surface area contributed by atoms with Gasteiger partial charge in [0, 0.05) is 43.1 Å². The van der Waals surface area contributed by atoms with Crippen LogP contribution in [0.1, 0.15) is 38.1 Å². The van der Waals surface area contributed by atoms with Crippen molar-refractivity contribution >= 4 is 28.2 Å². The van der Waals surface area contributed by atoms with Crippen LogP contribution in [0.4, 0.5) is 11.4 Å². The van der Waals surface area contributed by atoms with Crippen LogP contribution < -0.4 is 9.80 Å². The van der Waals surface area contributed by atoms with Crippen LogP contribution in [0.2, 0.25) is 0 Å². The van der Waals surface area contributed by atoms with Gasteiger partial charge in [-0.25, -0.2) is 0 Å².